The molecule has 3 aromatic rings. The van der Waals surface area contributed by atoms with E-state index in [1.165, 1.54) is 7.11 Å². The fourth-order valence-electron chi connectivity index (χ4n) is 2.24. The van der Waals surface area contributed by atoms with Gasteiger partial charge in [-0.25, -0.2) is 14.5 Å². The van der Waals surface area contributed by atoms with Crippen LogP contribution in [-0.2, 0) is 4.74 Å². The highest BCUT2D eigenvalue weighted by molar-refractivity contribution is 5.89. The molecule has 0 unspecified atom stereocenters. The van der Waals surface area contributed by atoms with Crippen LogP contribution < -0.4 is 4.74 Å². The van der Waals surface area contributed by atoms with E-state index in [0.29, 0.717) is 17.1 Å². The molecule has 0 saturated heterocycles. The zero-order valence-electron chi connectivity index (χ0n) is 13.6. The summed E-state index contributed by atoms with van der Waals surface area (Å²) < 4.78 is 12.0. The minimum Gasteiger partial charge on any atom is -0.465 e. The maximum Gasteiger partial charge on any atom is 0.337 e. The lowest BCUT2D eigenvalue weighted by molar-refractivity contribution is 0.0600. The van der Waals surface area contributed by atoms with E-state index in [4.69, 9.17) is 4.74 Å². The summed E-state index contributed by atoms with van der Waals surface area (Å²) in [5.41, 5.74) is 2.33. The molecular weight excluding hydrogens is 308 g/mol. The van der Waals surface area contributed by atoms with Crippen LogP contribution in [0.25, 0.3) is 5.82 Å². The summed E-state index contributed by atoms with van der Waals surface area (Å²) in [6.07, 6.45) is 1.61. The van der Waals surface area contributed by atoms with Gasteiger partial charge in [-0.1, -0.05) is 0 Å². The zero-order valence-corrected chi connectivity index (χ0v) is 13.6. The van der Waals surface area contributed by atoms with E-state index in [1.54, 1.807) is 41.2 Å². The molecule has 0 spiro atoms. The normalized spacial score (nSPS) is 10.5. The van der Waals surface area contributed by atoms with Gasteiger partial charge in [0.05, 0.1) is 18.4 Å². The van der Waals surface area contributed by atoms with Crippen LogP contribution in [0, 0.1) is 13.8 Å². The fraction of sp³-hybridized carbons (Fsp3) is 0.176. The molecule has 0 bridgehead atoms. The van der Waals surface area contributed by atoms with E-state index in [1.807, 2.05) is 19.9 Å². The molecule has 122 valence electrons. The monoisotopic (exact) mass is 324 g/mol. The molecule has 0 fully saturated rings. The number of nitrogens with zero attached hydrogens (tertiary/aromatic N) is 4. The Hall–Kier alpha value is -3.22. The van der Waals surface area contributed by atoms with Crippen molar-refractivity contribution in [3.8, 4) is 17.6 Å². The van der Waals surface area contributed by atoms with Crippen LogP contribution in [0.2, 0.25) is 0 Å². The Morgan fingerprint density at radius 2 is 1.88 bits per heavy atom. The number of methoxy groups -OCH3 is 1. The first-order chi connectivity index (χ1) is 11.6. The van der Waals surface area contributed by atoms with Gasteiger partial charge >= 0.3 is 12.0 Å². The summed E-state index contributed by atoms with van der Waals surface area (Å²) in [7, 11) is 1.34. The van der Waals surface area contributed by atoms with Gasteiger partial charge in [0.2, 0.25) is 0 Å². The average molecular weight is 324 g/mol. The van der Waals surface area contributed by atoms with Crippen molar-refractivity contribution in [3.05, 3.63) is 59.5 Å². The molecule has 24 heavy (non-hydrogen) atoms. The molecule has 0 atom stereocenters. The van der Waals surface area contributed by atoms with Crippen molar-refractivity contribution in [2.75, 3.05) is 7.11 Å². The van der Waals surface area contributed by atoms with Crippen molar-refractivity contribution < 1.29 is 14.3 Å². The van der Waals surface area contributed by atoms with E-state index in [2.05, 4.69) is 19.8 Å². The lowest BCUT2D eigenvalue weighted by Crippen LogP contribution is -2.04. The van der Waals surface area contributed by atoms with Gasteiger partial charge in [-0.3, -0.25) is 0 Å². The second-order valence-electron chi connectivity index (χ2n) is 5.15. The highest BCUT2D eigenvalue weighted by Gasteiger charge is 2.09. The molecule has 2 aromatic heterocycles. The molecule has 7 nitrogen and oxygen atoms in total. The van der Waals surface area contributed by atoms with Gasteiger partial charge in [0, 0.05) is 18.0 Å². The summed E-state index contributed by atoms with van der Waals surface area (Å²) in [5, 5.41) is 4.39. The molecule has 0 aliphatic carbocycles. The Bertz CT molecular complexity index is 872. The Labute approximate surface area is 138 Å². The molecule has 0 N–H and O–H groups in total. The highest BCUT2D eigenvalue weighted by Crippen LogP contribution is 2.20. The van der Waals surface area contributed by atoms with Crippen LogP contribution in [-0.4, -0.2) is 32.8 Å². The number of esters is 1. The van der Waals surface area contributed by atoms with Crippen LogP contribution in [0.4, 0.5) is 0 Å². The quantitative estimate of drug-likeness (QED) is 0.687. The summed E-state index contributed by atoms with van der Waals surface area (Å²) >= 11 is 0. The van der Waals surface area contributed by atoms with Gasteiger partial charge in [0.15, 0.2) is 5.82 Å². The predicted octanol–water partition coefficient (Wildman–Crippen LogP) is 2.86. The Morgan fingerprint density at radius 1 is 1.12 bits per heavy atom. The highest BCUT2D eigenvalue weighted by atomic mass is 16.5. The Kier molecular flexibility index (Phi) is 4.24. The third kappa shape index (κ3) is 3.24. The number of hydrogen-bond acceptors (Lipinski definition) is 6. The van der Waals surface area contributed by atoms with E-state index < -0.39 is 5.97 Å². The molecule has 0 saturated carbocycles. The number of benzene rings is 1. The summed E-state index contributed by atoms with van der Waals surface area (Å²) in [4.78, 5) is 19.9. The minimum atomic E-state index is -0.399. The van der Waals surface area contributed by atoms with Crippen molar-refractivity contribution in [2.24, 2.45) is 0 Å². The Balaban J connectivity index is 1.82. The summed E-state index contributed by atoms with van der Waals surface area (Å²) in [6.45, 7) is 3.87. The molecule has 7 heteroatoms. The van der Waals surface area contributed by atoms with Crippen molar-refractivity contribution in [2.45, 2.75) is 13.8 Å². The first-order valence-corrected chi connectivity index (χ1v) is 7.30. The van der Waals surface area contributed by atoms with E-state index >= 15 is 0 Å². The number of hydrogen-bond donors (Lipinski definition) is 0. The maximum atomic E-state index is 11.4. The standard InChI is InChI=1S/C17H16N4O3/c1-11-10-12(2)21(20-11)15-8-9-18-17(19-15)24-14-6-4-13(5-7-14)16(22)23-3/h4-10H,1-3H3. The van der Waals surface area contributed by atoms with Crippen LogP contribution >= 0.6 is 0 Å². The van der Waals surface area contributed by atoms with Crippen LogP contribution in [0.1, 0.15) is 21.7 Å². The second-order valence-corrected chi connectivity index (χ2v) is 5.15. The number of aryl methyl sites for hydroxylation is 2. The Morgan fingerprint density at radius 3 is 2.50 bits per heavy atom. The molecule has 0 amide bonds. The topological polar surface area (TPSA) is 79.1 Å². The molecule has 3 rings (SSSR count). The SMILES string of the molecule is COC(=O)c1ccc(Oc2nccc(-n3nc(C)cc3C)n2)cc1. The predicted molar refractivity (Wildman–Crippen MR) is 86.5 cm³/mol. The van der Waals surface area contributed by atoms with Gasteiger partial charge in [-0.2, -0.15) is 10.1 Å². The van der Waals surface area contributed by atoms with Gasteiger partial charge in [0.1, 0.15) is 5.75 Å². The zero-order chi connectivity index (χ0) is 17.1. The van der Waals surface area contributed by atoms with Gasteiger partial charge in [0.25, 0.3) is 0 Å². The maximum absolute atomic E-state index is 11.4. The van der Waals surface area contributed by atoms with E-state index in [9.17, 15) is 4.79 Å². The smallest absolute Gasteiger partial charge is 0.337 e. The number of carbonyl (C=O) groups excluding carboxylic acids is 1. The third-order valence-electron chi connectivity index (χ3n) is 3.33. The van der Waals surface area contributed by atoms with Crippen molar-refractivity contribution in [1.82, 2.24) is 19.7 Å². The van der Waals surface area contributed by atoms with Gasteiger partial charge in [-0.15, -0.1) is 0 Å². The number of carbonyl (C=O) groups is 1. The number of aromatic nitrogens is 4. The van der Waals surface area contributed by atoms with Gasteiger partial charge < -0.3 is 9.47 Å². The van der Waals surface area contributed by atoms with Crippen molar-refractivity contribution in [1.29, 1.82) is 0 Å². The molecular formula is C17H16N4O3. The average Bonchev–Trinajstić information content (AvgIpc) is 2.93. The van der Waals surface area contributed by atoms with E-state index in [0.717, 1.165) is 11.4 Å². The number of rotatable bonds is 4. The molecule has 2 heterocycles. The first kappa shape index (κ1) is 15.7. The third-order valence-corrected chi connectivity index (χ3v) is 3.33. The first-order valence-electron chi connectivity index (χ1n) is 7.30. The molecule has 0 radical (unpaired) electrons. The minimum absolute atomic E-state index is 0.200. The fourth-order valence-corrected chi connectivity index (χ4v) is 2.24. The van der Waals surface area contributed by atoms with Crippen LogP contribution in [0.15, 0.2) is 42.6 Å². The van der Waals surface area contributed by atoms with Crippen LogP contribution in [0.5, 0.6) is 11.8 Å². The van der Waals surface area contributed by atoms with Crippen molar-refractivity contribution >= 4 is 5.97 Å². The molecule has 1 aromatic carbocycles. The number of ether oxygens (including phenoxy) is 2. The lowest BCUT2D eigenvalue weighted by Gasteiger charge is -2.07. The summed E-state index contributed by atoms with van der Waals surface area (Å²) in [6, 6.07) is 10.5. The van der Waals surface area contributed by atoms with Crippen LogP contribution in [0.3, 0.4) is 0 Å². The van der Waals surface area contributed by atoms with Crippen molar-refractivity contribution in [3.63, 3.8) is 0 Å². The molecule has 0 aliphatic rings. The second kappa shape index (κ2) is 6.49. The summed E-state index contributed by atoms with van der Waals surface area (Å²) in [5.74, 6) is 0.745. The lowest BCUT2D eigenvalue weighted by atomic mass is 10.2. The molecule has 0 aliphatic heterocycles. The van der Waals surface area contributed by atoms with Gasteiger partial charge in [-0.05, 0) is 44.2 Å². The largest absolute Gasteiger partial charge is 0.465 e. The van der Waals surface area contributed by atoms with E-state index in [-0.39, 0.29) is 6.01 Å².